The Morgan fingerprint density at radius 1 is 0.793 bits per heavy atom. The molecule has 0 bridgehead atoms. The van der Waals surface area contributed by atoms with E-state index in [-0.39, 0.29) is 8.61 Å². The van der Waals surface area contributed by atoms with Crippen molar-refractivity contribution in [3.8, 4) is 0 Å². The van der Waals surface area contributed by atoms with Crippen LogP contribution in [0.2, 0.25) is 5.02 Å². The summed E-state index contributed by atoms with van der Waals surface area (Å²) in [4.78, 5) is -1.16. The molecule has 3 aromatic carbocycles. The van der Waals surface area contributed by atoms with Gasteiger partial charge in [-0.2, -0.15) is 13.2 Å². The van der Waals surface area contributed by atoms with Gasteiger partial charge in [-0.1, -0.05) is 45.6 Å². The van der Waals surface area contributed by atoms with Gasteiger partial charge in [0.2, 0.25) is 0 Å². The van der Waals surface area contributed by atoms with Crippen molar-refractivity contribution in [1.82, 2.24) is 3.71 Å². The average molecular weight is 464 g/mol. The maximum absolute atomic E-state index is 13.1. The normalized spacial score (nSPS) is 13.2. The van der Waals surface area contributed by atoms with Crippen molar-refractivity contribution >= 4 is 42.4 Å². The van der Waals surface area contributed by atoms with E-state index in [1.54, 1.807) is 24.3 Å². The molecule has 0 spiro atoms. The highest BCUT2D eigenvalue weighted by Gasteiger charge is 2.37. The molecule has 0 aliphatic heterocycles. The number of halogens is 4. The fraction of sp³-hybridized carbons (Fsp3) is 0.111. The Morgan fingerprint density at radius 2 is 1.31 bits per heavy atom. The minimum Gasteiger partial charge on any atom is -0.206 e. The van der Waals surface area contributed by atoms with Crippen LogP contribution in [0.15, 0.2) is 70.5 Å². The number of hydrogen-bond acceptors (Lipinski definition) is 4. The van der Waals surface area contributed by atoms with Crippen molar-refractivity contribution in [3.05, 3.63) is 71.2 Å². The van der Waals surface area contributed by atoms with Crippen LogP contribution in [0, 0.1) is 0 Å². The number of alkyl halides is 3. The summed E-state index contributed by atoms with van der Waals surface area (Å²) in [6.07, 6.45) is -4.90. The van der Waals surface area contributed by atoms with Crippen LogP contribution in [0.3, 0.4) is 0 Å². The Hall–Kier alpha value is -2.14. The molecule has 0 atom stereocenters. The van der Waals surface area contributed by atoms with Crippen LogP contribution >= 0.6 is 11.6 Å². The summed E-state index contributed by atoms with van der Waals surface area (Å²) in [6.45, 7) is 0. The van der Waals surface area contributed by atoms with Crippen LogP contribution in [0.4, 0.5) is 13.2 Å². The van der Waals surface area contributed by atoms with E-state index in [0.29, 0.717) is 11.5 Å². The molecule has 0 saturated carbocycles. The van der Waals surface area contributed by atoms with E-state index < -0.39 is 41.7 Å². The fourth-order valence-corrected chi connectivity index (χ4v) is 6.03. The zero-order valence-electron chi connectivity index (χ0n) is 14.7. The molecule has 0 heterocycles. The van der Waals surface area contributed by atoms with Crippen LogP contribution in [0.25, 0.3) is 10.8 Å². The second kappa shape index (κ2) is 7.28. The Labute approximate surface area is 170 Å². The van der Waals surface area contributed by atoms with E-state index in [2.05, 4.69) is 0 Å². The second-order valence-electron chi connectivity index (χ2n) is 6.04. The quantitative estimate of drug-likeness (QED) is 0.570. The molecule has 11 heteroatoms. The fourth-order valence-electron chi connectivity index (χ4n) is 2.64. The first kappa shape index (κ1) is 21.6. The lowest BCUT2D eigenvalue weighted by Gasteiger charge is -2.19. The van der Waals surface area contributed by atoms with Crippen molar-refractivity contribution < 1.29 is 30.0 Å². The van der Waals surface area contributed by atoms with Gasteiger partial charge >= 0.3 is 6.18 Å². The van der Waals surface area contributed by atoms with Gasteiger partial charge in [-0.25, -0.2) is 16.8 Å². The standard InChI is InChI=1S/C18H13ClF3NO4S2/c1-23(28(24,25)14-7-6-12-4-2-3-5-13(12)10-14)29(26,27)15-8-9-17(19)16(11-15)18(20,21)22/h2-11H,1H3. The summed E-state index contributed by atoms with van der Waals surface area (Å²) in [5.74, 6) is 0. The first-order valence-corrected chi connectivity index (χ1v) is 11.2. The Kier molecular flexibility index (Phi) is 5.41. The molecule has 0 aliphatic carbocycles. The Balaban J connectivity index is 2.09. The largest absolute Gasteiger partial charge is 0.417 e. The van der Waals surface area contributed by atoms with Gasteiger partial charge in [0, 0.05) is 7.05 Å². The molecule has 5 nitrogen and oxygen atoms in total. The molecule has 0 aliphatic rings. The molecular formula is C18H13ClF3NO4S2. The topological polar surface area (TPSA) is 71.5 Å². The third-order valence-electron chi connectivity index (χ3n) is 4.24. The van der Waals surface area contributed by atoms with E-state index in [0.717, 1.165) is 24.6 Å². The maximum atomic E-state index is 13.1. The molecule has 0 saturated heterocycles. The summed E-state index contributed by atoms with van der Waals surface area (Å²) >= 11 is 5.51. The molecule has 3 aromatic rings. The van der Waals surface area contributed by atoms with Crippen molar-refractivity contribution in [2.24, 2.45) is 0 Å². The number of sulfonamides is 2. The number of fused-ring (bicyclic) bond motifs is 1. The summed E-state index contributed by atoms with van der Waals surface area (Å²) < 4.78 is 90.4. The molecule has 0 N–H and O–H groups in total. The number of nitrogens with zero attached hydrogens (tertiary/aromatic N) is 1. The van der Waals surface area contributed by atoms with Gasteiger partial charge in [-0.15, -0.1) is 0 Å². The van der Waals surface area contributed by atoms with Crippen LogP contribution < -0.4 is 0 Å². The molecule has 0 radical (unpaired) electrons. The Morgan fingerprint density at radius 3 is 1.90 bits per heavy atom. The van der Waals surface area contributed by atoms with Crippen LogP contribution in [0.5, 0.6) is 0 Å². The smallest absolute Gasteiger partial charge is 0.206 e. The van der Waals surface area contributed by atoms with E-state index in [4.69, 9.17) is 11.6 Å². The SMILES string of the molecule is CN(S(=O)(=O)c1ccc(Cl)c(C(F)(F)F)c1)S(=O)(=O)c1ccc2ccccc2c1. The molecule has 0 amide bonds. The number of rotatable bonds is 4. The van der Waals surface area contributed by atoms with E-state index in [9.17, 15) is 30.0 Å². The summed E-state index contributed by atoms with van der Waals surface area (Å²) in [5, 5.41) is 0.603. The van der Waals surface area contributed by atoms with Gasteiger partial charge in [0.05, 0.1) is 20.4 Å². The van der Waals surface area contributed by atoms with Crippen LogP contribution in [0.1, 0.15) is 5.56 Å². The van der Waals surface area contributed by atoms with Gasteiger partial charge in [0.25, 0.3) is 20.0 Å². The highest BCUT2D eigenvalue weighted by molar-refractivity contribution is 8.04. The maximum Gasteiger partial charge on any atom is 0.417 e. The predicted octanol–water partition coefficient (Wildman–Crippen LogP) is 4.52. The van der Waals surface area contributed by atoms with Gasteiger partial charge in [0.15, 0.2) is 0 Å². The van der Waals surface area contributed by atoms with Crippen molar-refractivity contribution in [3.63, 3.8) is 0 Å². The van der Waals surface area contributed by atoms with Gasteiger partial charge in [-0.3, -0.25) is 0 Å². The summed E-state index contributed by atoms with van der Waals surface area (Å²) in [6, 6.07) is 12.8. The van der Waals surface area contributed by atoms with Gasteiger partial charge < -0.3 is 0 Å². The lowest BCUT2D eigenvalue weighted by Crippen LogP contribution is -2.33. The van der Waals surface area contributed by atoms with Gasteiger partial charge in [-0.05, 0) is 41.1 Å². The van der Waals surface area contributed by atoms with E-state index >= 15 is 0 Å². The van der Waals surface area contributed by atoms with Crippen molar-refractivity contribution in [1.29, 1.82) is 0 Å². The minimum absolute atomic E-state index is 0.0491. The predicted molar refractivity (Wildman–Crippen MR) is 103 cm³/mol. The third-order valence-corrected chi connectivity index (χ3v) is 8.80. The Bertz CT molecular complexity index is 1310. The zero-order chi connectivity index (χ0) is 21.6. The van der Waals surface area contributed by atoms with Crippen LogP contribution in [-0.4, -0.2) is 27.6 Å². The summed E-state index contributed by atoms with van der Waals surface area (Å²) in [5.41, 5.74) is -1.38. The minimum atomic E-state index is -4.90. The van der Waals surface area contributed by atoms with E-state index in [1.165, 1.54) is 18.2 Å². The number of hydrogen-bond donors (Lipinski definition) is 0. The lowest BCUT2D eigenvalue weighted by molar-refractivity contribution is -0.137. The first-order chi connectivity index (χ1) is 13.3. The van der Waals surface area contributed by atoms with Gasteiger partial charge in [0.1, 0.15) is 0 Å². The molecular weight excluding hydrogens is 451 g/mol. The van der Waals surface area contributed by atoms with Crippen LogP contribution in [-0.2, 0) is 26.2 Å². The van der Waals surface area contributed by atoms with E-state index in [1.807, 2.05) is 0 Å². The summed E-state index contributed by atoms with van der Waals surface area (Å²) in [7, 11) is -8.61. The monoisotopic (exact) mass is 463 g/mol. The first-order valence-electron chi connectivity index (χ1n) is 7.95. The van der Waals surface area contributed by atoms with Crippen molar-refractivity contribution in [2.45, 2.75) is 16.0 Å². The molecule has 29 heavy (non-hydrogen) atoms. The highest BCUT2D eigenvalue weighted by Crippen LogP contribution is 2.37. The number of benzene rings is 3. The van der Waals surface area contributed by atoms with Crippen molar-refractivity contribution in [2.75, 3.05) is 7.05 Å². The average Bonchev–Trinajstić information content (AvgIpc) is 2.66. The molecule has 0 aromatic heterocycles. The molecule has 0 unspecified atom stereocenters. The third kappa shape index (κ3) is 3.97. The second-order valence-corrected chi connectivity index (χ2v) is 10.6. The zero-order valence-corrected chi connectivity index (χ0v) is 17.1. The molecule has 154 valence electrons. The molecule has 0 fully saturated rings. The highest BCUT2D eigenvalue weighted by atomic mass is 35.5. The lowest BCUT2D eigenvalue weighted by atomic mass is 10.1. The molecule has 3 rings (SSSR count).